The Kier molecular flexibility index (Phi) is 6.51. The van der Waals surface area contributed by atoms with Gasteiger partial charge in [-0.3, -0.25) is 4.79 Å². The molecule has 0 bridgehead atoms. The molecule has 0 heterocycles. The number of hydrogen-bond acceptors (Lipinski definition) is 1. The quantitative estimate of drug-likeness (QED) is 0.555. The van der Waals surface area contributed by atoms with Gasteiger partial charge in [0.05, 0.1) is 0 Å². The molecule has 2 nitrogen and oxygen atoms in total. The SMILES string of the molecule is C=CN(CC1(C)CC1CC/C=C\CC)C(=O)C(C)CC. The fourth-order valence-electron chi connectivity index (χ4n) is 2.81. The predicted octanol–water partition coefficient (Wildman–Crippen LogP) is 4.78. The number of carbonyl (C=O) groups excluding carboxylic acids is 1. The average molecular weight is 277 g/mol. The summed E-state index contributed by atoms with van der Waals surface area (Å²) in [6.45, 7) is 13.2. The molecule has 1 amide bonds. The maximum Gasteiger partial charge on any atom is 0.229 e. The van der Waals surface area contributed by atoms with E-state index in [2.05, 4.69) is 39.5 Å². The zero-order chi connectivity index (χ0) is 15.2. The first-order valence-corrected chi connectivity index (χ1v) is 8.06. The van der Waals surface area contributed by atoms with E-state index >= 15 is 0 Å². The summed E-state index contributed by atoms with van der Waals surface area (Å²) in [5, 5.41) is 0. The molecular formula is C18H31NO. The second kappa shape index (κ2) is 7.66. The van der Waals surface area contributed by atoms with Gasteiger partial charge in [0, 0.05) is 12.5 Å². The molecule has 0 aliphatic heterocycles. The molecule has 114 valence electrons. The topological polar surface area (TPSA) is 20.3 Å². The fraction of sp³-hybridized carbons (Fsp3) is 0.722. The molecule has 1 aliphatic carbocycles. The Bertz CT molecular complexity index is 360. The van der Waals surface area contributed by atoms with Crippen LogP contribution in [0.1, 0.15) is 59.8 Å². The zero-order valence-electron chi connectivity index (χ0n) is 13.7. The highest BCUT2D eigenvalue weighted by atomic mass is 16.2. The van der Waals surface area contributed by atoms with Crippen molar-refractivity contribution in [3.8, 4) is 0 Å². The maximum atomic E-state index is 12.3. The fourth-order valence-corrected chi connectivity index (χ4v) is 2.81. The van der Waals surface area contributed by atoms with E-state index in [1.54, 1.807) is 6.20 Å². The summed E-state index contributed by atoms with van der Waals surface area (Å²) in [5.41, 5.74) is 0.303. The van der Waals surface area contributed by atoms with Crippen molar-refractivity contribution in [2.45, 2.75) is 59.8 Å². The summed E-state index contributed by atoms with van der Waals surface area (Å²) < 4.78 is 0. The summed E-state index contributed by atoms with van der Waals surface area (Å²) in [4.78, 5) is 14.1. The Morgan fingerprint density at radius 3 is 2.70 bits per heavy atom. The van der Waals surface area contributed by atoms with Gasteiger partial charge in [-0.1, -0.05) is 46.4 Å². The lowest BCUT2D eigenvalue weighted by atomic mass is 10.0. The second-order valence-electron chi connectivity index (χ2n) is 6.47. The molecule has 1 fully saturated rings. The van der Waals surface area contributed by atoms with E-state index in [1.807, 2.05) is 11.8 Å². The van der Waals surface area contributed by atoms with E-state index in [9.17, 15) is 4.79 Å². The highest BCUT2D eigenvalue weighted by Crippen LogP contribution is 2.55. The van der Waals surface area contributed by atoms with Gasteiger partial charge >= 0.3 is 0 Å². The van der Waals surface area contributed by atoms with Crippen LogP contribution >= 0.6 is 0 Å². The van der Waals surface area contributed by atoms with Crippen LogP contribution in [0.5, 0.6) is 0 Å². The van der Waals surface area contributed by atoms with Gasteiger partial charge in [0.2, 0.25) is 5.91 Å². The Morgan fingerprint density at radius 1 is 1.45 bits per heavy atom. The minimum absolute atomic E-state index is 0.0984. The van der Waals surface area contributed by atoms with Gasteiger partial charge in [-0.15, -0.1) is 0 Å². The van der Waals surface area contributed by atoms with Gasteiger partial charge in [-0.2, -0.15) is 0 Å². The van der Waals surface area contributed by atoms with Crippen LogP contribution in [0.3, 0.4) is 0 Å². The molecule has 0 radical (unpaired) electrons. The minimum atomic E-state index is 0.0984. The molecule has 0 aromatic rings. The van der Waals surface area contributed by atoms with Crippen molar-refractivity contribution in [1.29, 1.82) is 0 Å². The third-order valence-electron chi connectivity index (χ3n) is 4.69. The van der Waals surface area contributed by atoms with Gasteiger partial charge in [-0.25, -0.2) is 0 Å². The van der Waals surface area contributed by atoms with Crippen molar-refractivity contribution in [2.75, 3.05) is 6.54 Å². The van der Waals surface area contributed by atoms with Crippen LogP contribution in [0.15, 0.2) is 24.9 Å². The Hall–Kier alpha value is -1.05. The lowest BCUT2D eigenvalue weighted by Crippen LogP contribution is -2.35. The van der Waals surface area contributed by atoms with Gasteiger partial charge < -0.3 is 4.90 Å². The first-order valence-electron chi connectivity index (χ1n) is 8.06. The third kappa shape index (κ3) is 4.50. The molecule has 3 atom stereocenters. The number of hydrogen-bond donors (Lipinski definition) is 0. The average Bonchev–Trinajstić information content (AvgIpc) is 3.10. The lowest BCUT2D eigenvalue weighted by molar-refractivity contribution is -0.133. The summed E-state index contributed by atoms with van der Waals surface area (Å²) in [7, 11) is 0. The van der Waals surface area contributed by atoms with Crippen molar-refractivity contribution >= 4 is 5.91 Å². The molecule has 1 rings (SSSR count). The summed E-state index contributed by atoms with van der Waals surface area (Å²) in [6, 6.07) is 0. The number of amides is 1. The molecule has 1 aliphatic rings. The molecule has 0 saturated heterocycles. The van der Waals surface area contributed by atoms with Crippen molar-refractivity contribution in [3.63, 3.8) is 0 Å². The largest absolute Gasteiger partial charge is 0.319 e. The molecule has 20 heavy (non-hydrogen) atoms. The Labute approximate surface area is 124 Å². The second-order valence-corrected chi connectivity index (χ2v) is 6.47. The molecule has 1 saturated carbocycles. The molecular weight excluding hydrogens is 246 g/mol. The van der Waals surface area contributed by atoms with E-state index in [0.29, 0.717) is 5.41 Å². The van der Waals surface area contributed by atoms with Crippen molar-refractivity contribution in [1.82, 2.24) is 4.90 Å². The zero-order valence-corrected chi connectivity index (χ0v) is 13.7. The van der Waals surface area contributed by atoms with E-state index in [1.165, 1.54) is 19.3 Å². The monoisotopic (exact) mass is 277 g/mol. The van der Waals surface area contributed by atoms with Crippen LogP contribution in [0.4, 0.5) is 0 Å². The van der Waals surface area contributed by atoms with E-state index in [-0.39, 0.29) is 11.8 Å². The summed E-state index contributed by atoms with van der Waals surface area (Å²) in [6.07, 6.45) is 11.9. The maximum absolute atomic E-state index is 12.3. The number of nitrogens with zero attached hydrogens (tertiary/aromatic N) is 1. The summed E-state index contributed by atoms with van der Waals surface area (Å²) >= 11 is 0. The molecule has 0 aromatic carbocycles. The van der Waals surface area contributed by atoms with Crippen molar-refractivity contribution in [2.24, 2.45) is 17.3 Å². The highest BCUT2D eigenvalue weighted by Gasteiger charge is 2.50. The lowest BCUT2D eigenvalue weighted by Gasteiger charge is -2.25. The minimum Gasteiger partial charge on any atom is -0.319 e. The standard InChI is InChI=1S/C18H31NO/c1-6-9-10-11-12-16-13-18(16,5)14-19(8-3)17(20)15(4)7-2/h8-10,15-16H,3,6-7,11-14H2,1-2,4-5H3/b10-9-. The van der Waals surface area contributed by atoms with Crippen LogP contribution in [0.25, 0.3) is 0 Å². The van der Waals surface area contributed by atoms with Crippen LogP contribution in [0, 0.1) is 17.3 Å². The Balaban J connectivity index is 2.45. The molecule has 2 heteroatoms. The van der Waals surface area contributed by atoms with Gasteiger partial charge in [-0.05, 0) is 49.6 Å². The van der Waals surface area contributed by atoms with E-state index < -0.39 is 0 Å². The van der Waals surface area contributed by atoms with Crippen LogP contribution in [0.2, 0.25) is 0 Å². The number of carbonyl (C=O) groups is 1. The van der Waals surface area contributed by atoms with E-state index in [0.717, 1.165) is 25.3 Å². The normalized spacial score (nSPS) is 26.5. The Morgan fingerprint density at radius 2 is 2.15 bits per heavy atom. The van der Waals surface area contributed by atoms with Crippen LogP contribution < -0.4 is 0 Å². The van der Waals surface area contributed by atoms with Gasteiger partial charge in [0.25, 0.3) is 0 Å². The first-order chi connectivity index (χ1) is 9.48. The molecule has 0 N–H and O–H groups in total. The van der Waals surface area contributed by atoms with Crippen LogP contribution in [-0.2, 0) is 4.79 Å². The smallest absolute Gasteiger partial charge is 0.229 e. The van der Waals surface area contributed by atoms with Crippen molar-refractivity contribution in [3.05, 3.63) is 24.9 Å². The van der Waals surface area contributed by atoms with Gasteiger partial charge in [0.1, 0.15) is 0 Å². The van der Waals surface area contributed by atoms with Gasteiger partial charge in [0.15, 0.2) is 0 Å². The molecule has 0 aromatic heterocycles. The number of rotatable bonds is 9. The number of allylic oxidation sites excluding steroid dienone is 2. The molecule has 3 unspecified atom stereocenters. The summed E-state index contributed by atoms with van der Waals surface area (Å²) in [5.74, 6) is 1.08. The first kappa shape index (κ1) is 17.0. The van der Waals surface area contributed by atoms with E-state index in [4.69, 9.17) is 0 Å². The highest BCUT2D eigenvalue weighted by molar-refractivity contribution is 5.79. The van der Waals surface area contributed by atoms with Crippen molar-refractivity contribution < 1.29 is 4.79 Å². The van der Waals surface area contributed by atoms with Crippen LogP contribution in [-0.4, -0.2) is 17.4 Å². The molecule has 0 spiro atoms. The third-order valence-corrected chi connectivity index (χ3v) is 4.69. The predicted molar refractivity (Wildman–Crippen MR) is 86.2 cm³/mol.